The van der Waals surface area contributed by atoms with Crippen molar-refractivity contribution in [3.05, 3.63) is 16.6 Å². The number of nitrogens with zero attached hydrogens (tertiary/aromatic N) is 1. The van der Waals surface area contributed by atoms with Crippen LogP contribution in [0.1, 0.15) is 5.01 Å². The molecular formula is C6H8N2OS2. The molecule has 1 heterocycles. The summed E-state index contributed by atoms with van der Waals surface area (Å²) in [6.45, 7) is 0. The SMILES string of the molecule is NC(=O)CSCc1nccs1. The van der Waals surface area contributed by atoms with Gasteiger partial charge in [-0.1, -0.05) is 0 Å². The van der Waals surface area contributed by atoms with Gasteiger partial charge in [-0.3, -0.25) is 4.79 Å². The highest BCUT2D eigenvalue weighted by atomic mass is 32.2. The predicted molar refractivity (Wildman–Crippen MR) is 47.5 cm³/mol. The number of hydrogen-bond acceptors (Lipinski definition) is 4. The Labute approximate surface area is 73.0 Å². The van der Waals surface area contributed by atoms with Crippen molar-refractivity contribution < 1.29 is 4.79 Å². The molecule has 1 aromatic heterocycles. The van der Waals surface area contributed by atoms with Crippen molar-refractivity contribution in [1.29, 1.82) is 0 Å². The van der Waals surface area contributed by atoms with E-state index in [1.807, 2.05) is 5.38 Å². The van der Waals surface area contributed by atoms with Crippen LogP contribution >= 0.6 is 23.1 Å². The summed E-state index contributed by atoms with van der Waals surface area (Å²) >= 11 is 3.08. The van der Waals surface area contributed by atoms with Crippen LogP contribution in [0.25, 0.3) is 0 Å². The molecule has 2 N–H and O–H groups in total. The van der Waals surface area contributed by atoms with Gasteiger partial charge >= 0.3 is 0 Å². The summed E-state index contributed by atoms with van der Waals surface area (Å²) < 4.78 is 0. The number of primary amides is 1. The fourth-order valence-corrected chi connectivity index (χ4v) is 2.04. The van der Waals surface area contributed by atoms with Gasteiger partial charge in [0.15, 0.2) is 0 Å². The number of carbonyl (C=O) groups is 1. The standard InChI is InChI=1S/C6H8N2OS2/c7-5(9)3-10-4-6-8-1-2-11-6/h1-2H,3-4H2,(H2,7,9). The molecule has 11 heavy (non-hydrogen) atoms. The van der Waals surface area contributed by atoms with Crippen molar-refractivity contribution in [3.8, 4) is 0 Å². The molecule has 3 nitrogen and oxygen atoms in total. The first kappa shape index (κ1) is 8.55. The highest BCUT2D eigenvalue weighted by molar-refractivity contribution is 7.99. The molecule has 0 atom stereocenters. The highest BCUT2D eigenvalue weighted by Gasteiger charge is 1.97. The van der Waals surface area contributed by atoms with Gasteiger partial charge in [-0.05, 0) is 0 Å². The van der Waals surface area contributed by atoms with Gasteiger partial charge in [-0.2, -0.15) is 0 Å². The summed E-state index contributed by atoms with van der Waals surface area (Å²) in [5.41, 5.74) is 4.96. The number of rotatable bonds is 4. The molecule has 1 rings (SSSR count). The number of thioether (sulfide) groups is 1. The first-order valence-corrected chi connectivity index (χ1v) is 5.07. The quantitative estimate of drug-likeness (QED) is 0.762. The molecule has 0 spiro atoms. The highest BCUT2D eigenvalue weighted by Crippen LogP contribution is 2.13. The molecule has 5 heteroatoms. The summed E-state index contributed by atoms with van der Waals surface area (Å²) in [5, 5.41) is 2.96. The Kier molecular flexibility index (Phi) is 3.38. The third-order valence-corrected chi connectivity index (χ3v) is 2.88. The lowest BCUT2D eigenvalue weighted by Crippen LogP contribution is -2.13. The van der Waals surface area contributed by atoms with E-state index in [9.17, 15) is 4.79 Å². The lowest BCUT2D eigenvalue weighted by Gasteiger charge is -1.92. The largest absolute Gasteiger partial charge is 0.369 e. The van der Waals surface area contributed by atoms with Crippen molar-refractivity contribution >= 4 is 29.0 Å². The zero-order valence-corrected chi connectivity index (χ0v) is 7.45. The Morgan fingerprint density at radius 3 is 3.18 bits per heavy atom. The second kappa shape index (κ2) is 4.35. The third-order valence-electron chi connectivity index (χ3n) is 0.953. The Hall–Kier alpha value is -0.550. The Balaban J connectivity index is 2.19. The van der Waals surface area contributed by atoms with E-state index in [1.54, 1.807) is 17.5 Å². The van der Waals surface area contributed by atoms with Gasteiger partial charge < -0.3 is 5.73 Å². The normalized spacial score (nSPS) is 9.82. The number of nitrogens with two attached hydrogens (primary N) is 1. The summed E-state index contributed by atoms with van der Waals surface area (Å²) in [6.07, 6.45) is 1.75. The maximum absolute atomic E-state index is 10.3. The van der Waals surface area contributed by atoms with Crippen LogP contribution in [0.2, 0.25) is 0 Å². The lowest BCUT2D eigenvalue weighted by molar-refractivity contribution is -0.115. The van der Waals surface area contributed by atoms with Crippen LogP contribution in [0, 0.1) is 0 Å². The van der Waals surface area contributed by atoms with Gasteiger partial charge in [0.25, 0.3) is 0 Å². The van der Waals surface area contributed by atoms with E-state index in [1.165, 1.54) is 11.8 Å². The summed E-state index contributed by atoms with van der Waals surface area (Å²) in [6, 6.07) is 0. The number of thiazole rings is 1. The molecule has 0 radical (unpaired) electrons. The fourth-order valence-electron chi connectivity index (χ4n) is 0.563. The van der Waals surface area contributed by atoms with E-state index in [-0.39, 0.29) is 5.91 Å². The minimum atomic E-state index is -0.272. The molecule has 60 valence electrons. The second-order valence-electron chi connectivity index (χ2n) is 1.88. The predicted octanol–water partition coefficient (Wildman–Crippen LogP) is 0.862. The van der Waals surface area contributed by atoms with Crippen LogP contribution in [0.5, 0.6) is 0 Å². The molecule has 0 bridgehead atoms. The second-order valence-corrected chi connectivity index (χ2v) is 3.85. The molecule has 0 saturated carbocycles. The van der Waals surface area contributed by atoms with E-state index in [0.29, 0.717) is 5.75 Å². The first-order chi connectivity index (χ1) is 5.29. The van der Waals surface area contributed by atoms with Crippen molar-refractivity contribution in [1.82, 2.24) is 4.98 Å². The van der Waals surface area contributed by atoms with E-state index >= 15 is 0 Å². The van der Waals surface area contributed by atoms with Gasteiger partial charge in [-0.25, -0.2) is 4.98 Å². The summed E-state index contributed by atoms with van der Waals surface area (Å²) in [4.78, 5) is 14.4. The summed E-state index contributed by atoms with van der Waals surface area (Å²) in [5.74, 6) is 0.881. The third kappa shape index (κ3) is 3.38. The zero-order chi connectivity index (χ0) is 8.10. The summed E-state index contributed by atoms with van der Waals surface area (Å²) in [7, 11) is 0. The monoisotopic (exact) mass is 188 g/mol. The molecule has 0 aliphatic heterocycles. The van der Waals surface area contributed by atoms with E-state index < -0.39 is 0 Å². The molecule has 1 aromatic rings. The molecule has 0 fully saturated rings. The van der Waals surface area contributed by atoms with Crippen LogP contribution in [0.4, 0.5) is 0 Å². The number of amides is 1. The minimum Gasteiger partial charge on any atom is -0.369 e. The average Bonchev–Trinajstić information content (AvgIpc) is 2.39. The number of hydrogen-bond donors (Lipinski definition) is 1. The molecule has 0 aliphatic carbocycles. The van der Waals surface area contributed by atoms with E-state index in [2.05, 4.69) is 4.98 Å². The van der Waals surface area contributed by atoms with Crippen LogP contribution in [-0.4, -0.2) is 16.6 Å². The topological polar surface area (TPSA) is 56.0 Å². The average molecular weight is 188 g/mol. The van der Waals surface area contributed by atoms with Gasteiger partial charge in [-0.15, -0.1) is 23.1 Å². The van der Waals surface area contributed by atoms with E-state index in [0.717, 1.165) is 10.8 Å². The molecule has 0 saturated heterocycles. The van der Waals surface area contributed by atoms with Crippen LogP contribution in [0.3, 0.4) is 0 Å². The van der Waals surface area contributed by atoms with Crippen LogP contribution < -0.4 is 5.73 Å². The molecule has 0 unspecified atom stereocenters. The first-order valence-electron chi connectivity index (χ1n) is 3.03. The Bertz CT molecular complexity index is 222. The van der Waals surface area contributed by atoms with Crippen molar-refractivity contribution in [2.75, 3.05) is 5.75 Å². The van der Waals surface area contributed by atoms with Gasteiger partial charge in [0.05, 0.1) is 5.75 Å². The van der Waals surface area contributed by atoms with Crippen LogP contribution in [-0.2, 0) is 10.5 Å². The van der Waals surface area contributed by atoms with Gasteiger partial charge in [0, 0.05) is 17.3 Å². The Morgan fingerprint density at radius 1 is 1.82 bits per heavy atom. The Morgan fingerprint density at radius 2 is 2.64 bits per heavy atom. The van der Waals surface area contributed by atoms with Gasteiger partial charge in [0.1, 0.15) is 5.01 Å². The maximum atomic E-state index is 10.3. The minimum absolute atomic E-state index is 0.272. The number of carbonyl (C=O) groups excluding carboxylic acids is 1. The zero-order valence-electron chi connectivity index (χ0n) is 5.82. The number of aromatic nitrogens is 1. The molecule has 0 aromatic carbocycles. The van der Waals surface area contributed by atoms with Crippen molar-refractivity contribution in [3.63, 3.8) is 0 Å². The molecule has 0 aliphatic rings. The molecule has 1 amide bonds. The van der Waals surface area contributed by atoms with Crippen LogP contribution in [0.15, 0.2) is 11.6 Å². The van der Waals surface area contributed by atoms with Crippen molar-refractivity contribution in [2.45, 2.75) is 5.75 Å². The van der Waals surface area contributed by atoms with E-state index in [4.69, 9.17) is 5.73 Å². The lowest BCUT2D eigenvalue weighted by atomic mass is 10.8. The maximum Gasteiger partial charge on any atom is 0.227 e. The fraction of sp³-hybridized carbons (Fsp3) is 0.333. The smallest absolute Gasteiger partial charge is 0.227 e. The van der Waals surface area contributed by atoms with Crippen molar-refractivity contribution in [2.24, 2.45) is 5.73 Å². The molecular weight excluding hydrogens is 180 g/mol. The van der Waals surface area contributed by atoms with Gasteiger partial charge in [0.2, 0.25) is 5.91 Å².